The number of nitrogens with one attached hydrogen (secondary N) is 1. The summed E-state index contributed by atoms with van der Waals surface area (Å²) in [6.07, 6.45) is 1.51. The third-order valence-corrected chi connectivity index (χ3v) is 5.73. The summed E-state index contributed by atoms with van der Waals surface area (Å²) < 4.78 is 11.0. The molecule has 170 valence electrons. The van der Waals surface area contributed by atoms with E-state index in [1.165, 1.54) is 17.6 Å². The fourth-order valence-corrected chi connectivity index (χ4v) is 3.58. The molecule has 34 heavy (non-hydrogen) atoms. The maximum Gasteiger partial charge on any atom is 0.353 e. The molecule has 0 unspecified atom stereocenters. The van der Waals surface area contributed by atoms with Crippen molar-refractivity contribution in [2.75, 3.05) is 0 Å². The zero-order chi connectivity index (χ0) is 23.8. The highest BCUT2D eigenvalue weighted by Gasteiger charge is 2.09. The van der Waals surface area contributed by atoms with Crippen molar-refractivity contribution < 1.29 is 19.1 Å². The first-order chi connectivity index (χ1) is 16.6. The second kappa shape index (κ2) is 11.3. The average molecular weight is 491 g/mol. The van der Waals surface area contributed by atoms with E-state index in [0.29, 0.717) is 33.6 Å². The van der Waals surface area contributed by atoms with Crippen molar-refractivity contribution >= 4 is 41.0 Å². The summed E-state index contributed by atoms with van der Waals surface area (Å²) >= 11 is 7.20. The Hall–Kier alpha value is -3.94. The van der Waals surface area contributed by atoms with Crippen LogP contribution in [0.15, 0.2) is 95.4 Å². The van der Waals surface area contributed by atoms with Gasteiger partial charge < -0.3 is 9.47 Å². The molecule has 0 fully saturated rings. The molecule has 0 aliphatic heterocycles. The van der Waals surface area contributed by atoms with E-state index in [-0.39, 0.29) is 5.91 Å². The van der Waals surface area contributed by atoms with E-state index in [9.17, 15) is 9.59 Å². The number of halogens is 1. The molecule has 8 heteroatoms. The van der Waals surface area contributed by atoms with Crippen LogP contribution in [0.25, 0.3) is 0 Å². The summed E-state index contributed by atoms with van der Waals surface area (Å²) in [4.78, 5) is 24.8. The molecule has 0 aliphatic rings. The number of nitrogens with zero attached hydrogens (tertiary/aromatic N) is 1. The Balaban J connectivity index is 1.25. The first kappa shape index (κ1) is 23.2. The topological polar surface area (TPSA) is 77.0 Å². The predicted octanol–water partition coefficient (Wildman–Crippen LogP) is 5.96. The average Bonchev–Trinajstić information content (AvgIpc) is 3.40. The number of hydrazone groups is 1. The van der Waals surface area contributed by atoms with Crippen molar-refractivity contribution in [2.45, 2.75) is 6.61 Å². The van der Waals surface area contributed by atoms with Crippen molar-refractivity contribution in [1.82, 2.24) is 5.43 Å². The highest BCUT2D eigenvalue weighted by molar-refractivity contribution is 7.12. The third-order valence-electron chi connectivity index (χ3n) is 4.63. The van der Waals surface area contributed by atoms with Gasteiger partial charge in [0.2, 0.25) is 0 Å². The van der Waals surface area contributed by atoms with Crippen LogP contribution in [-0.2, 0) is 6.61 Å². The van der Waals surface area contributed by atoms with Crippen LogP contribution in [-0.4, -0.2) is 18.1 Å². The number of carbonyl (C=O) groups excluding carboxylic acids is 2. The third kappa shape index (κ3) is 6.54. The molecular formula is C26H19ClN2O4S. The van der Waals surface area contributed by atoms with Crippen LogP contribution in [0.3, 0.4) is 0 Å². The standard InChI is InChI=1S/C26H19ClN2O4S/c27-21-9-3-19(4-10-21)17-32-22-13-7-20(8-14-22)25(30)29-28-16-18-5-11-23(12-6-18)33-26(31)24-2-1-15-34-24/h1-16H,17H2,(H,29,30). The number of esters is 1. The second-order valence-electron chi connectivity index (χ2n) is 7.07. The minimum atomic E-state index is -0.398. The van der Waals surface area contributed by atoms with Gasteiger partial charge in [-0.2, -0.15) is 5.10 Å². The van der Waals surface area contributed by atoms with E-state index in [1.807, 2.05) is 29.6 Å². The molecule has 1 aromatic heterocycles. The van der Waals surface area contributed by atoms with Gasteiger partial charge in [0, 0.05) is 10.6 Å². The lowest BCUT2D eigenvalue weighted by atomic mass is 10.2. The predicted molar refractivity (Wildman–Crippen MR) is 133 cm³/mol. The maximum atomic E-state index is 12.3. The summed E-state index contributed by atoms with van der Waals surface area (Å²) in [5.41, 5.74) is 4.67. The van der Waals surface area contributed by atoms with Crippen LogP contribution in [0.2, 0.25) is 5.02 Å². The van der Waals surface area contributed by atoms with E-state index in [0.717, 1.165) is 11.1 Å². The van der Waals surface area contributed by atoms with Crippen LogP contribution in [0, 0.1) is 0 Å². The Morgan fingerprint density at radius 3 is 2.29 bits per heavy atom. The van der Waals surface area contributed by atoms with Crippen molar-refractivity contribution in [3.05, 3.63) is 117 Å². The molecule has 6 nitrogen and oxygen atoms in total. The highest BCUT2D eigenvalue weighted by Crippen LogP contribution is 2.17. The van der Waals surface area contributed by atoms with Crippen LogP contribution in [0.4, 0.5) is 0 Å². The van der Waals surface area contributed by atoms with Gasteiger partial charge in [-0.3, -0.25) is 4.79 Å². The lowest BCUT2D eigenvalue weighted by Crippen LogP contribution is -2.17. The lowest BCUT2D eigenvalue weighted by Gasteiger charge is -2.07. The van der Waals surface area contributed by atoms with Gasteiger partial charge in [-0.1, -0.05) is 29.8 Å². The first-order valence-corrected chi connectivity index (χ1v) is 11.5. The van der Waals surface area contributed by atoms with Crippen LogP contribution < -0.4 is 14.9 Å². The van der Waals surface area contributed by atoms with E-state index >= 15 is 0 Å². The van der Waals surface area contributed by atoms with E-state index in [2.05, 4.69) is 10.5 Å². The number of rotatable bonds is 8. The number of thiophene rings is 1. The number of ether oxygens (including phenoxy) is 2. The van der Waals surface area contributed by atoms with Crippen molar-refractivity contribution in [2.24, 2.45) is 5.10 Å². The zero-order valence-corrected chi connectivity index (χ0v) is 19.4. The molecule has 0 atom stereocenters. The van der Waals surface area contributed by atoms with Gasteiger partial charge in [-0.15, -0.1) is 11.3 Å². The van der Waals surface area contributed by atoms with Gasteiger partial charge in [0.1, 0.15) is 23.0 Å². The number of hydrogen-bond acceptors (Lipinski definition) is 6. The van der Waals surface area contributed by atoms with Gasteiger partial charge in [-0.05, 0) is 83.2 Å². The molecule has 0 bridgehead atoms. The minimum Gasteiger partial charge on any atom is -0.489 e. The van der Waals surface area contributed by atoms with Gasteiger partial charge >= 0.3 is 5.97 Å². The van der Waals surface area contributed by atoms with E-state index in [1.54, 1.807) is 60.7 Å². The summed E-state index contributed by atoms with van der Waals surface area (Å²) in [6.45, 7) is 0.402. The molecule has 3 aromatic carbocycles. The number of hydrogen-bond donors (Lipinski definition) is 1. The van der Waals surface area contributed by atoms with Gasteiger partial charge in [0.25, 0.3) is 5.91 Å². The fourth-order valence-electron chi connectivity index (χ4n) is 2.85. The molecule has 1 N–H and O–H groups in total. The summed E-state index contributed by atoms with van der Waals surface area (Å²) in [7, 11) is 0. The highest BCUT2D eigenvalue weighted by atomic mass is 35.5. The second-order valence-corrected chi connectivity index (χ2v) is 8.46. The number of carbonyl (C=O) groups is 2. The Bertz CT molecular complexity index is 1270. The van der Waals surface area contributed by atoms with Crippen molar-refractivity contribution in [3.63, 3.8) is 0 Å². The Kier molecular flexibility index (Phi) is 7.70. The zero-order valence-electron chi connectivity index (χ0n) is 17.8. The maximum absolute atomic E-state index is 12.3. The van der Waals surface area contributed by atoms with Crippen LogP contribution in [0.1, 0.15) is 31.2 Å². The molecular weight excluding hydrogens is 472 g/mol. The summed E-state index contributed by atoms with van der Waals surface area (Å²) in [5, 5.41) is 6.47. The van der Waals surface area contributed by atoms with Gasteiger partial charge in [0.05, 0.1) is 6.21 Å². The number of amides is 1. The van der Waals surface area contributed by atoms with Crippen LogP contribution in [0.5, 0.6) is 11.5 Å². The first-order valence-electron chi connectivity index (χ1n) is 10.2. The summed E-state index contributed by atoms with van der Waals surface area (Å²) in [5.74, 6) is 0.333. The SMILES string of the molecule is O=C(NN=Cc1ccc(OC(=O)c2cccs2)cc1)c1ccc(OCc2ccc(Cl)cc2)cc1. The molecule has 0 radical (unpaired) electrons. The van der Waals surface area contributed by atoms with Gasteiger partial charge in [0.15, 0.2) is 0 Å². The minimum absolute atomic E-state index is 0.345. The molecule has 4 aromatic rings. The van der Waals surface area contributed by atoms with Crippen molar-refractivity contribution in [1.29, 1.82) is 0 Å². The van der Waals surface area contributed by atoms with E-state index < -0.39 is 5.97 Å². The van der Waals surface area contributed by atoms with Crippen molar-refractivity contribution in [3.8, 4) is 11.5 Å². The molecule has 0 saturated heterocycles. The lowest BCUT2D eigenvalue weighted by molar-refractivity contribution is 0.0739. The Labute approximate surface area is 205 Å². The Morgan fingerprint density at radius 1 is 0.912 bits per heavy atom. The number of benzene rings is 3. The molecule has 1 heterocycles. The normalized spacial score (nSPS) is 10.7. The fraction of sp³-hybridized carbons (Fsp3) is 0.0385. The smallest absolute Gasteiger partial charge is 0.353 e. The Morgan fingerprint density at radius 2 is 1.62 bits per heavy atom. The molecule has 1 amide bonds. The van der Waals surface area contributed by atoms with Crippen LogP contribution >= 0.6 is 22.9 Å². The molecule has 0 aliphatic carbocycles. The molecule has 4 rings (SSSR count). The molecule has 0 spiro atoms. The monoisotopic (exact) mass is 490 g/mol. The van der Waals surface area contributed by atoms with Gasteiger partial charge in [-0.25, -0.2) is 10.2 Å². The summed E-state index contributed by atoms with van der Waals surface area (Å²) in [6, 6.07) is 24.5. The molecule has 0 saturated carbocycles. The van der Waals surface area contributed by atoms with E-state index in [4.69, 9.17) is 21.1 Å². The quantitative estimate of drug-likeness (QED) is 0.143. The largest absolute Gasteiger partial charge is 0.489 e.